The molecule has 6 nitrogen and oxygen atoms in total. The monoisotopic (exact) mass is 389 g/mol. The van der Waals surface area contributed by atoms with E-state index in [0.29, 0.717) is 29.3 Å². The van der Waals surface area contributed by atoms with Crippen LogP contribution in [-0.2, 0) is 11.4 Å². The van der Waals surface area contributed by atoms with Crippen LogP contribution in [0.1, 0.15) is 15.9 Å². The molecule has 0 aromatic heterocycles. The largest absolute Gasteiger partial charge is 0.489 e. The third kappa shape index (κ3) is 6.10. The normalized spacial score (nSPS) is 10.1. The fourth-order valence-electron chi connectivity index (χ4n) is 2.71. The molecule has 29 heavy (non-hydrogen) atoms. The molecule has 3 aromatic rings. The van der Waals surface area contributed by atoms with Crippen LogP contribution in [0.3, 0.4) is 0 Å². The Balaban J connectivity index is 1.52. The summed E-state index contributed by atoms with van der Waals surface area (Å²) in [4.78, 5) is 23.9. The van der Waals surface area contributed by atoms with E-state index in [-0.39, 0.29) is 18.4 Å². The number of carbonyl (C=O) groups is 2. The number of nitrogens with one attached hydrogen (secondary N) is 3. The van der Waals surface area contributed by atoms with Gasteiger partial charge in [-0.25, -0.2) is 0 Å². The number of hydrogen-bond donors (Lipinski definition) is 3. The third-order valence-corrected chi connectivity index (χ3v) is 4.17. The number of amides is 2. The molecule has 0 aliphatic rings. The fraction of sp³-hybridized carbons (Fsp3) is 0.130. The second kappa shape index (κ2) is 9.94. The van der Waals surface area contributed by atoms with E-state index in [1.54, 1.807) is 43.4 Å². The first kappa shape index (κ1) is 19.9. The van der Waals surface area contributed by atoms with Crippen molar-refractivity contribution in [2.45, 2.75) is 6.61 Å². The molecular formula is C23H23N3O3. The van der Waals surface area contributed by atoms with E-state index in [2.05, 4.69) is 16.0 Å². The minimum Gasteiger partial charge on any atom is -0.489 e. The van der Waals surface area contributed by atoms with E-state index < -0.39 is 0 Å². The molecule has 0 saturated heterocycles. The Bertz CT molecular complexity index is 974. The van der Waals surface area contributed by atoms with E-state index >= 15 is 0 Å². The molecule has 6 heteroatoms. The van der Waals surface area contributed by atoms with Gasteiger partial charge in [0.05, 0.1) is 6.54 Å². The van der Waals surface area contributed by atoms with Crippen molar-refractivity contribution in [3.8, 4) is 5.75 Å². The molecule has 0 atom stereocenters. The van der Waals surface area contributed by atoms with Gasteiger partial charge in [0.15, 0.2) is 0 Å². The highest BCUT2D eigenvalue weighted by Crippen LogP contribution is 2.19. The lowest BCUT2D eigenvalue weighted by atomic mass is 10.2. The molecule has 3 N–H and O–H groups in total. The van der Waals surface area contributed by atoms with Gasteiger partial charge in [0.25, 0.3) is 5.91 Å². The summed E-state index contributed by atoms with van der Waals surface area (Å²) in [5.74, 6) is 0.305. The first-order valence-corrected chi connectivity index (χ1v) is 9.27. The van der Waals surface area contributed by atoms with Crippen molar-refractivity contribution in [3.63, 3.8) is 0 Å². The van der Waals surface area contributed by atoms with Crippen molar-refractivity contribution in [1.82, 2.24) is 5.32 Å². The zero-order valence-corrected chi connectivity index (χ0v) is 16.1. The molecular weight excluding hydrogens is 366 g/mol. The maximum atomic E-state index is 12.3. The average Bonchev–Trinajstić information content (AvgIpc) is 2.77. The molecule has 0 aliphatic heterocycles. The Morgan fingerprint density at radius 2 is 1.62 bits per heavy atom. The van der Waals surface area contributed by atoms with E-state index in [1.165, 1.54) is 0 Å². The summed E-state index contributed by atoms with van der Waals surface area (Å²) < 4.78 is 5.78. The summed E-state index contributed by atoms with van der Waals surface area (Å²) in [6.45, 7) is 0.535. The van der Waals surface area contributed by atoms with Crippen LogP contribution in [0.5, 0.6) is 5.75 Å². The van der Waals surface area contributed by atoms with Crippen LogP contribution in [0.25, 0.3) is 0 Å². The molecule has 0 unspecified atom stereocenters. The highest BCUT2D eigenvalue weighted by Gasteiger charge is 2.06. The van der Waals surface area contributed by atoms with Crippen LogP contribution in [0, 0.1) is 0 Å². The highest BCUT2D eigenvalue weighted by atomic mass is 16.5. The van der Waals surface area contributed by atoms with Gasteiger partial charge in [0, 0.05) is 30.1 Å². The smallest absolute Gasteiger partial charge is 0.251 e. The number of anilines is 2. The van der Waals surface area contributed by atoms with Crippen molar-refractivity contribution in [2.24, 2.45) is 0 Å². The molecule has 2 amide bonds. The molecule has 0 heterocycles. The van der Waals surface area contributed by atoms with Crippen molar-refractivity contribution in [2.75, 3.05) is 24.2 Å². The van der Waals surface area contributed by atoms with Crippen molar-refractivity contribution in [3.05, 3.63) is 90.0 Å². The summed E-state index contributed by atoms with van der Waals surface area (Å²) in [6.07, 6.45) is 0. The number of carbonyl (C=O) groups excluding carboxylic acids is 2. The Kier molecular flexibility index (Phi) is 6.84. The molecule has 0 spiro atoms. The summed E-state index contributed by atoms with van der Waals surface area (Å²) in [5, 5.41) is 8.43. The van der Waals surface area contributed by atoms with Crippen molar-refractivity contribution >= 4 is 23.2 Å². The van der Waals surface area contributed by atoms with E-state index in [9.17, 15) is 9.59 Å². The Hall–Kier alpha value is -3.80. The lowest BCUT2D eigenvalue weighted by Crippen LogP contribution is -2.22. The number of rotatable bonds is 8. The first-order chi connectivity index (χ1) is 14.1. The summed E-state index contributed by atoms with van der Waals surface area (Å²) >= 11 is 0. The molecule has 148 valence electrons. The Morgan fingerprint density at radius 3 is 2.41 bits per heavy atom. The molecule has 0 fully saturated rings. The lowest BCUT2D eigenvalue weighted by molar-refractivity contribution is -0.114. The molecule has 3 rings (SSSR count). The van der Waals surface area contributed by atoms with Gasteiger partial charge >= 0.3 is 0 Å². The van der Waals surface area contributed by atoms with Gasteiger partial charge in [-0.05, 0) is 35.9 Å². The number of hydrogen-bond acceptors (Lipinski definition) is 4. The van der Waals surface area contributed by atoms with Crippen LogP contribution in [0.15, 0.2) is 78.9 Å². The van der Waals surface area contributed by atoms with Crippen molar-refractivity contribution < 1.29 is 14.3 Å². The van der Waals surface area contributed by atoms with Gasteiger partial charge in [-0.1, -0.05) is 42.5 Å². The van der Waals surface area contributed by atoms with E-state index in [1.807, 2.05) is 42.5 Å². The lowest BCUT2D eigenvalue weighted by Gasteiger charge is -2.11. The van der Waals surface area contributed by atoms with Gasteiger partial charge in [-0.15, -0.1) is 0 Å². The first-order valence-electron chi connectivity index (χ1n) is 9.27. The van der Waals surface area contributed by atoms with Crippen LogP contribution in [0.2, 0.25) is 0 Å². The molecule has 0 bridgehead atoms. The number of ether oxygens (including phenoxy) is 1. The van der Waals surface area contributed by atoms with Gasteiger partial charge < -0.3 is 20.7 Å². The standard InChI is InChI=1S/C23H23N3O3/c1-24-23(28)18-9-5-10-19(13-18)25-15-22(27)26-20-11-6-12-21(14-20)29-16-17-7-3-2-4-8-17/h2-14,25H,15-16H2,1H3,(H,24,28)(H,26,27). The van der Waals surface area contributed by atoms with Gasteiger partial charge in [-0.2, -0.15) is 0 Å². The SMILES string of the molecule is CNC(=O)c1cccc(NCC(=O)Nc2cccc(OCc3ccccc3)c2)c1. The minimum atomic E-state index is -0.199. The van der Waals surface area contributed by atoms with Gasteiger partial charge in [0.1, 0.15) is 12.4 Å². The van der Waals surface area contributed by atoms with E-state index in [4.69, 9.17) is 4.74 Å². The quantitative estimate of drug-likeness (QED) is 0.549. The Labute approximate surface area is 169 Å². The average molecular weight is 389 g/mol. The van der Waals surface area contributed by atoms with Gasteiger partial charge in [0.2, 0.25) is 5.91 Å². The predicted octanol–water partition coefficient (Wildman–Crippen LogP) is 3.68. The van der Waals surface area contributed by atoms with Gasteiger partial charge in [-0.3, -0.25) is 9.59 Å². The van der Waals surface area contributed by atoms with Crippen LogP contribution < -0.4 is 20.7 Å². The maximum absolute atomic E-state index is 12.3. The number of benzene rings is 3. The summed E-state index contributed by atoms with van der Waals surface area (Å²) in [6, 6.07) is 24.1. The second-order valence-electron chi connectivity index (χ2n) is 6.36. The zero-order chi connectivity index (χ0) is 20.5. The van der Waals surface area contributed by atoms with Crippen LogP contribution >= 0.6 is 0 Å². The zero-order valence-electron chi connectivity index (χ0n) is 16.1. The topological polar surface area (TPSA) is 79.5 Å². The van der Waals surface area contributed by atoms with Crippen LogP contribution in [0.4, 0.5) is 11.4 Å². The van der Waals surface area contributed by atoms with Crippen molar-refractivity contribution in [1.29, 1.82) is 0 Å². The fourth-order valence-corrected chi connectivity index (χ4v) is 2.71. The Morgan fingerprint density at radius 1 is 0.862 bits per heavy atom. The predicted molar refractivity (Wildman–Crippen MR) is 114 cm³/mol. The molecule has 0 saturated carbocycles. The second-order valence-corrected chi connectivity index (χ2v) is 6.36. The van der Waals surface area contributed by atoms with Crippen LogP contribution in [-0.4, -0.2) is 25.4 Å². The third-order valence-electron chi connectivity index (χ3n) is 4.17. The maximum Gasteiger partial charge on any atom is 0.251 e. The molecule has 0 aliphatic carbocycles. The summed E-state index contributed by atoms with van der Waals surface area (Å²) in [7, 11) is 1.58. The molecule has 0 radical (unpaired) electrons. The minimum absolute atomic E-state index is 0.0757. The highest BCUT2D eigenvalue weighted by molar-refractivity contribution is 5.96. The van der Waals surface area contributed by atoms with E-state index in [0.717, 1.165) is 5.56 Å². The summed E-state index contributed by atoms with van der Waals surface area (Å²) in [5.41, 5.74) is 2.95. The molecule has 3 aromatic carbocycles.